The normalized spacial score (nSPS) is 13.5. The maximum absolute atomic E-state index is 8.61. The van der Waals surface area contributed by atoms with Gasteiger partial charge in [0.25, 0.3) is 0 Å². The van der Waals surface area contributed by atoms with E-state index < -0.39 is 16.1 Å². The van der Waals surface area contributed by atoms with Crippen molar-refractivity contribution in [1.29, 1.82) is 0 Å². The molecule has 0 saturated heterocycles. The highest BCUT2D eigenvalue weighted by molar-refractivity contribution is 7.32. The molecule has 0 amide bonds. The van der Waals surface area contributed by atoms with Gasteiger partial charge in [0.05, 0.1) is 24.0 Å². The van der Waals surface area contributed by atoms with Crippen LogP contribution in [0.3, 0.4) is 0 Å². The van der Waals surface area contributed by atoms with Gasteiger partial charge in [-0.1, -0.05) is 115 Å². The Bertz CT molecular complexity index is 1420. The minimum atomic E-state index is -1.82. The summed E-state index contributed by atoms with van der Waals surface area (Å²) < 4.78 is 11.4. The molecular weight excluding hydrogens is 501 g/mol. The predicted molar refractivity (Wildman–Crippen MR) is 172 cm³/mol. The second-order valence-electron chi connectivity index (χ2n) is 13.5. The van der Waals surface area contributed by atoms with E-state index in [0.29, 0.717) is 17.8 Å². The minimum Gasteiger partial charge on any atom is -0.235 e. The first kappa shape index (κ1) is 26.8. The number of hydrogen-bond donors (Lipinski definition) is 0. The summed E-state index contributed by atoms with van der Waals surface area (Å²) in [7, 11) is -3.43. The van der Waals surface area contributed by atoms with Crippen LogP contribution in [0.5, 0.6) is 0 Å². The van der Waals surface area contributed by atoms with Gasteiger partial charge in [-0.05, 0) is 51.6 Å². The van der Waals surface area contributed by atoms with Crippen LogP contribution in [0.2, 0.25) is 37.8 Å². The lowest BCUT2D eigenvalue weighted by Gasteiger charge is -2.36. The molecule has 0 aliphatic rings. The van der Waals surface area contributed by atoms with Crippen LogP contribution in [-0.4, -0.2) is 26.1 Å². The number of fused-ring (bicyclic) bond motifs is 2. The number of rotatable bonds is 9. The van der Waals surface area contributed by atoms with Crippen LogP contribution in [0.25, 0.3) is 32.2 Å². The van der Waals surface area contributed by atoms with Crippen molar-refractivity contribution in [1.82, 2.24) is 9.97 Å². The van der Waals surface area contributed by atoms with Crippen molar-refractivity contribution in [2.75, 3.05) is 0 Å². The van der Waals surface area contributed by atoms with Crippen LogP contribution in [0.1, 0.15) is 48.5 Å². The molecular formula is C32H46N2SSi2. The Labute approximate surface area is 232 Å². The summed E-state index contributed by atoms with van der Waals surface area (Å²) in [4.78, 5) is 9.58. The molecule has 0 saturated carbocycles. The van der Waals surface area contributed by atoms with Crippen LogP contribution in [-0.2, 0) is 0 Å². The van der Waals surface area contributed by atoms with Gasteiger partial charge in [-0.15, -0.1) is 11.3 Å². The van der Waals surface area contributed by atoms with Crippen molar-refractivity contribution in [3.63, 3.8) is 0 Å². The zero-order valence-electron chi connectivity index (χ0n) is 25.6. The van der Waals surface area contributed by atoms with Crippen molar-refractivity contribution in [3.05, 3.63) is 48.3 Å². The fourth-order valence-electron chi connectivity index (χ4n) is 6.62. The Morgan fingerprint density at radius 2 is 1.46 bits per heavy atom. The molecule has 5 heteroatoms. The van der Waals surface area contributed by atoms with Gasteiger partial charge in [-0.25, -0.2) is 9.97 Å². The van der Waals surface area contributed by atoms with Gasteiger partial charge in [0.2, 0.25) is 0 Å². The quantitative estimate of drug-likeness (QED) is 0.195. The topological polar surface area (TPSA) is 25.8 Å². The molecule has 4 aromatic rings. The van der Waals surface area contributed by atoms with Gasteiger partial charge in [-0.2, -0.15) is 0 Å². The summed E-state index contributed by atoms with van der Waals surface area (Å²) in [5.74, 6) is 2.00. The fourth-order valence-corrected chi connectivity index (χ4v) is 17.8. The summed E-state index contributed by atoms with van der Waals surface area (Å²) in [5, 5.41) is 4.07. The van der Waals surface area contributed by atoms with Crippen molar-refractivity contribution >= 4 is 58.2 Å². The number of thiophene rings is 1. The Morgan fingerprint density at radius 1 is 0.865 bits per heavy atom. The lowest BCUT2D eigenvalue weighted by molar-refractivity contribution is 0.650. The number of aromatic nitrogens is 2. The molecule has 0 bridgehead atoms. The molecule has 0 N–H and O–H groups in total. The van der Waals surface area contributed by atoms with Gasteiger partial charge >= 0.3 is 0 Å². The molecule has 2 heterocycles. The van der Waals surface area contributed by atoms with Crippen LogP contribution in [0.15, 0.2) is 42.7 Å². The summed E-state index contributed by atoms with van der Waals surface area (Å²) in [6, 6.07) is 17.3. The van der Waals surface area contributed by atoms with Gasteiger partial charge in [0.15, 0.2) is 0 Å². The van der Waals surface area contributed by atoms with E-state index in [9.17, 15) is 0 Å². The largest absolute Gasteiger partial charge is 0.235 e. The molecule has 4 rings (SSSR count). The zero-order chi connectivity index (χ0) is 28.0. The third-order valence-electron chi connectivity index (χ3n) is 7.48. The van der Waals surface area contributed by atoms with Crippen molar-refractivity contribution in [3.8, 4) is 11.3 Å². The highest BCUT2D eigenvalue weighted by atomic mass is 32.1. The smallest absolute Gasteiger partial charge is 0.116 e. The maximum Gasteiger partial charge on any atom is 0.116 e. The van der Waals surface area contributed by atoms with E-state index in [1.807, 2.05) is 11.3 Å². The average Bonchev–Trinajstić information content (AvgIpc) is 3.12. The number of benzene rings is 2. The highest BCUT2D eigenvalue weighted by Gasteiger charge is 2.40. The van der Waals surface area contributed by atoms with Crippen LogP contribution < -0.4 is 9.69 Å². The predicted octanol–water partition coefficient (Wildman–Crippen LogP) is 8.99. The van der Waals surface area contributed by atoms with Gasteiger partial charge < -0.3 is 0 Å². The summed E-state index contributed by atoms with van der Waals surface area (Å²) in [6.07, 6.45) is 0.131. The third kappa shape index (κ3) is 5.79. The lowest BCUT2D eigenvalue weighted by atomic mass is 10.0. The molecule has 0 spiro atoms. The molecule has 0 fully saturated rings. The summed E-state index contributed by atoms with van der Waals surface area (Å²) in [6.45, 7) is 23.9. The standard InChI is InChI=1S/C32H46N2SSi2/c1-21(2)17-37(18-22(3)4,19-23(5)6)32-24(7)29-31(35-32)30(34-20-33-29)26-15-25-13-11-12-14-27(25)28(16-26)36(8,9)10/h11-16,20-23H,17-19H2,1-10H3/i20D. The van der Waals surface area contributed by atoms with Gasteiger partial charge in [0, 0.05) is 5.56 Å². The van der Waals surface area contributed by atoms with Crippen molar-refractivity contribution in [2.24, 2.45) is 17.8 Å². The average molecular weight is 548 g/mol. The van der Waals surface area contributed by atoms with E-state index in [2.05, 4.69) is 105 Å². The molecule has 2 nitrogen and oxygen atoms in total. The summed E-state index contributed by atoms with van der Waals surface area (Å²) in [5.41, 5.74) is 4.42. The molecule has 2 aromatic heterocycles. The molecule has 37 heavy (non-hydrogen) atoms. The minimum absolute atomic E-state index is 0.131. The van der Waals surface area contributed by atoms with E-state index in [1.54, 1.807) is 4.50 Å². The Balaban J connectivity index is 2.04. The first-order chi connectivity index (χ1) is 17.7. The number of nitrogens with zero attached hydrogens (tertiary/aromatic N) is 2. The van der Waals surface area contributed by atoms with E-state index in [1.165, 1.54) is 44.4 Å². The Morgan fingerprint density at radius 3 is 2.03 bits per heavy atom. The molecule has 2 aromatic carbocycles. The lowest BCUT2D eigenvalue weighted by Crippen LogP contribution is -2.50. The second-order valence-corrected chi connectivity index (χ2v) is 24.2. The van der Waals surface area contributed by atoms with E-state index in [4.69, 9.17) is 11.3 Å². The zero-order valence-corrected chi connectivity index (χ0v) is 27.4. The maximum atomic E-state index is 8.61. The van der Waals surface area contributed by atoms with E-state index >= 15 is 0 Å². The third-order valence-corrected chi connectivity index (χ3v) is 18.3. The molecule has 0 aliphatic carbocycles. The van der Waals surface area contributed by atoms with Crippen LogP contribution in [0.4, 0.5) is 0 Å². The Kier molecular flexibility index (Phi) is 7.77. The Hall–Kier alpha value is -1.83. The first-order valence-corrected chi connectivity index (χ1v) is 21.0. The summed E-state index contributed by atoms with van der Waals surface area (Å²) >= 11 is 1.97. The molecule has 0 aliphatic heterocycles. The number of hydrogen-bond acceptors (Lipinski definition) is 3. The van der Waals surface area contributed by atoms with E-state index in [-0.39, 0.29) is 6.30 Å². The second kappa shape index (κ2) is 10.7. The van der Waals surface area contributed by atoms with Gasteiger partial charge in [-0.3, -0.25) is 0 Å². The molecule has 0 atom stereocenters. The van der Waals surface area contributed by atoms with Gasteiger partial charge in [0.1, 0.15) is 15.7 Å². The van der Waals surface area contributed by atoms with Crippen LogP contribution >= 0.6 is 11.3 Å². The van der Waals surface area contributed by atoms with Crippen LogP contribution in [0, 0.1) is 24.7 Å². The van der Waals surface area contributed by atoms with Crippen molar-refractivity contribution < 1.29 is 1.37 Å². The molecule has 0 unspecified atom stereocenters. The monoisotopic (exact) mass is 547 g/mol. The van der Waals surface area contributed by atoms with Crippen molar-refractivity contribution in [2.45, 2.75) is 86.2 Å². The molecule has 198 valence electrons. The first-order valence-electron chi connectivity index (χ1n) is 14.5. The fraction of sp³-hybridized carbons (Fsp3) is 0.500. The number of aryl methyl sites for hydroxylation is 1. The SMILES string of the molecule is [2H]c1nc(-c2cc([Si](C)(C)C)c3ccccc3c2)c2sc([Si](CC(C)C)(CC(C)C)CC(C)C)c(C)c2n1. The van der Waals surface area contributed by atoms with E-state index in [0.717, 1.165) is 16.8 Å². The highest BCUT2D eigenvalue weighted by Crippen LogP contribution is 2.39. The molecule has 0 radical (unpaired) electrons.